The summed E-state index contributed by atoms with van der Waals surface area (Å²) in [5.74, 6) is 3.30. The molecule has 0 bridgehead atoms. The number of rotatable bonds is 9. The predicted octanol–water partition coefficient (Wildman–Crippen LogP) is 2.58. The van der Waals surface area contributed by atoms with Gasteiger partial charge in [-0.2, -0.15) is 0 Å². The standard InChI is InChI=1S/C20H32N6O/c1-6-19-24-23-15-26(19)12-11-21-20(22-13-16(2)3)25(4)14-17-7-9-18(27-5)10-8-17/h7-10,15-16H,6,11-14H2,1-5H3,(H,21,22). The first-order valence-electron chi connectivity index (χ1n) is 9.52. The molecule has 0 spiro atoms. The van der Waals surface area contributed by atoms with Crippen LogP contribution in [0.5, 0.6) is 5.75 Å². The van der Waals surface area contributed by atoms with Crippen molar-refractivity contribution in [3.05, 3.63) is 42.0 Å². The molecule has 0 saturated carbocycles. The number of ether oxygens (including phenoxy) is 1. The molecule has 0 saturated heterocycles. The zero-order valence-electron chi connectivity index (χ0n) is 17.1. The van der Waals surface area contributed by atoms with Crippen molar-refractivity contribution in [2.24, 2.45) is 10.9 Å². The van der Waals surface area contributed by atoms with Gasteiger partial charge in [0.1, 0.15) is 17.9 Å². The molecule has 0 amide bonds. The van der Waals surface area contributed by atoms with Gasteiger partial charge >= 0.3 is 0 Å². The van der Waals surface area contributed by atoms with Gasteiger partial charge in [-0.05, 0) is 23.6 Å². The highest BCUT2D eigenvalue weighted by Crippen LogP contribution is 2.12. The number of hydrogen-bond acceptors (Lipinski definition) is 4. The Morgan fingerprint density at radius 3 is 2.67 bits per heavy atom. The number of aliphatic imine (C=N–C) groups is 1. The second kappa shape index (κ2) is 10.5. The van der Waals surface area contributed by atoms with E-state index in [1.54, 1.807) is 13.4 Å². The van der Waals surface area contributed by atoms with Crippen molar-refractivity contribution in [3.8, 4) is 5.75 Å². The molecule has 7 heteroatoms. The third kappa shape index (κ3) is 6.58. The maximum Gasteiger partial charge on any atom is 0.194 e. The molecule has 0 atom stereocenters. The van der Waals surface area contributed by atoms with Crippen LogP contribution in [0.15, 0.2) is 35.6 Å². The van der Waals surface area contributed by atoms with Gasteiger partial charge in [-0.15, -0.1) is 10.2 Å². The molecule has 0 unspecified atom stereocenters. The number of aryl methyl sites for hydroxylation is 1. The molecule has 0 aliphatic heterocycles. The van der Waals surface area contributed by atoms with E-state index in [2.05, 4.69) is 64.9 Å². The topological polar surface area (TPSA) is 67.6 Å². The highest BCUT2D eigenvalue weighted by Gasteiger charge is 2.09. The molecule has 0 radical (unpaired) electrons. The average molecular weight is 373 g/mol. The lowest BCUT2D eigenvalue weighted by atomic mass is 10.2. The van der Waals surface area contributed by atoms with Crippen LogP contribution in [0, 0.1) is 5.92 Å². The monoisotopic (exact) mass is 372 g/mol. The Morgan fingerprint density at radius 1 is 1.30 bits per heavy atom. The summed E-state index contributed by atoms with van der Waals surface area (Å²) < 4.78 is 7.31. The smallest absolute Gasteiger partial charge is 0.194 e. The number of nitrogens with zero attached hydrogens (tertiary/aromatic N) is 5. The molecule has 1 aromatic heterocycles. The Morgan fingerprint density at radius 2 is 2.04 bits per heavy atom. The average Bonchev–Trinajstić information content (AvgIpc) is 3.12. The molecule has 0 fully saturated rings. The van der Waals surface area contributed by atoms with Crippen LogP contribution in [-0.4, -0.2) is 52.9 Å². The van der Waals surface area contributed by atoms with E-state index in [0.29, 0.717) is 5.92 Å². The fourth-order valence-electron chi connectivity index (χ4n) is 2.69. The lowest BCUT2D eigenvalue weighted by molar-refractivity contribution is 0.414. The van der Waals surface area contributed by atoms with Crippen LogP contribution in [0.3, 0.4) is 0 Å². The second-order valence-corrected chi connectivity index (χ2v) is 6.98. The van der Waals surface area contributed by atoms with Crippen LogP contribution in [0.2, 0.25) is 0 Å². The zero-order chi connectivity index (χ0) is 19.6. The first-order valence-corrected chi connectivity index (χ1v) is 9.52. The normalized spacial score (nSPS) is 11.7. The largest absolute Gasteiger partial charge is 0.497 e. The number of aromatic nitrogens is 3. The molecule has 2 rings (SSSR count). The SMILES string of the molecule is CCc1nncn1CCNC(=NCC(C)C)N(C)Cc1ccc(OC)cc1. The maximum absolute atomic E-state index is 5.23. The Bertz CT molecular complexity index is 708. The van der Waals surface area contributed by atoms with E-state index >= 15 is 0 Å². The van der Waals surface area contributed by atoms with E-state index in [0.717, 1.165) is 50.1 Å². The van der Waals surface area contributed by atoms with E-state index in [9.17, 15) is 0 Å². The lowest BCUT2D eigenvalue weighted by Crippen LogP contribution is -2.40. The zero-order valence-corrected chi connectivity index (χ0v) is 17.1. The Hall–Kier alpha value is -2.57. The summed E-state index contributed by atoms with van der Waals surface area (Å²) in [7, 11) is 3.74. The van der Waals surface area contributed by atoms with Crippen molar-refractivity contribution in [3.63, 3.8) is 0 Å². The van der Waals surface area contributed by atoms with Crippen LogP contribution >= 0.6 is 0 Å². The molecule has 7 nitrogen and oxygen atoms in total. The summed E-state index contributed by atoms with van der Waals surface area (Å²) in [6.45, 7) is 9.60. The summed E-state index contributed by atoms with van der Waals surface area (Å²) in [5.41, 5.74) is 1.21. The van der Waals surface area contributed by atoms with E-state index in [4.69, 9.17) is 9.73 Å². The molecule has 2 aromatic rings. The fraction of sp³-hybridized carbons (Fsp3) is 0.550. The predicted molar refractivity (Wildman–Crippen MR) is 109 cm³/mol. The van der Waals surface area contributed by atoms with Gasteiger partial charge in [0.15, 0.2) is 5.96 Å². The van der Waals surface area contributed by atoms with Crippen molar-refractivity contribution in [1.29, 1.82) is 0 Å². The quantitative estimate of drug-likeness (QED) is 0.541. The van der Waals surface area contributed by atoms with E-state index in [1.807, 2.05) is 12.1 Å². The number of guanidine groups is 1. The van der Waals surface area contributed by atoms with Gasteiger partial charge in [0, 0.05) is 39.6 Å². The first-order chi connectivity index (χ1) is 13.0. The van der Waals surface area contributed by atoms with Crippen molar-refractivity contribution >= 4 is 5.96 Å². The lowest BCUT2D eigenvalue weighted by Gasteiger charge is -2.23. The summed E-state index contributed by atoms with van der Waals surface area (Å²) in [4.78, 5) is 6.93. The van der Waals surface area contributed by atoms with Crippen LogP contribution < -0.4 is 10.1 Å². The third-order valence-electron chi connectivity index (χ3n) is 4.19. The van der Waals surface area contributed by atoms with Gasteiger partial charge in [-0.3, -0.25) is 4.99 Å². The fourth-order valence-corrected chi connectivity index (χ4v) is 2.69. The molecule has 27 heavy (non-hydrogen) atoms. The van der Waals surface area contributed by atoms with Crippen LogP contribution in [-0.2, 0) is 19.5 Å². The second-order valence-electron chi connectivity index (χ2n) is 6.98. The van der Waals surface area contributed by atoms with Gasteiger partial charge in [0.05, 0.1) is 7.11 Å². The Balaban J connectivity index is 1.98. The number of nitrogens with one attached hydrogen (secondary N) is 1. The van der Waals surface area contributed by atoms with E-state index < -0.39 is 0 Å². The molecule has 1 aromatic carbocycles. The highest BCUT2D eigenvalue weighted by molar-refractivity contribution is 5.79. The molecule has 1 heterocycles. The summed E-state index contributed by atoms with van der Waals surface area (Å²) in [5, 5.41) is 11.6. The summed E-state index contributed by atoms with van der Waals surface area (Å²) in [6.07, 6.45) is 2.66. The summed E-state index contributed by atoms with van der Waals surface area (Å²) >= 11 is 0. The maximum atomic E-state index is 5.23. The van der Waals surface area contributed by atoms with Crippen LogP contribution in [0.1, 0.15) is 32.2 Å². The van der Waals surface area contributed by atoms with Crippen molar-refractivity contribution < 1.29 is 4.74 Å². The minimum absolute atomic E-state index is 0.515. The molecule has 0 aliphatic carbocycles. The van der Waals surface area contributed by atoms with E-state index in [-0.39, 0.29) is 0 Å². The molecule has 148 valence electrons. The molecular weight excluding hydrogens is 340 g/mol. The van der Waals surface area contributed by atoms with Crippen molar-refractivity contribution in [2.45, 2.75) is 40.3 Å². The minimum atomic E-state index is 0.515. The molecule has 1 N–H and O–H groups in total. The minimum Gasteiger partial charge on any atom is -0.497 e. The molecule has 0 aliphatic rings. The Labute approximate surface area is 162 Å². The van der Waals surface area contributed by atoms with Gasteiger partial charge in [0.25, 0.3) is 0 Å². The number of hydrogen-bond donors (Lipinski definition) is 1. The van der Waals surface area contributed by atoms with Crippen LogP contribution in [0.4, 0.5) is 0 Å². The van der Waals surface area contributed by atoms with Gasteiger partial charge in [-0.25, -0.2) is 0 Å². The number of methoxy groups -OCH3 is 1. The third-order valence-corrected chi connectivity index (χ3v) is 4.19. The van der Waals surface area contributed by atoms with Gasteiger partial charge in [0.2, 0.25) is 0 Å². The van der Waals surface area contributed by atoms with Crippen LogP contribution in [0.25, 0.3) is 0 Å². The summed E-state index contributed by atoms with van der Waals surface area (Å²) in [6, 6.07) is 8.14. The van der Waals surface area contributed by atoms with E-state index in [1.165, 1.54) is 5.56 Å². The Kier molecular flexibility index (Phi) is 8.10. The molecular formula is C20H32N6O. The number of benzene rings is 1. The van der Waals surface area contributed by atoms with Gasteiger partial charge < -0.3 is 19.5 Å². The highest BCUT2D eigenvalue weighted by atomic mass is 16.5. The first kappa shape index (κ1) is 20.7. The van der Waals surface area contributed by atoms with Crippen molar-refractivity contribution in [2.75, 3.05) is 27.2 Å². The van der Waals surface area contributed by atoms with Gasteiger partial charge in [-0.1, -0.05) is 32.9 Å². The van der Waals surface area contributed by atoms with Crippen molar-refractivity contribution in [1.82, 2.24) is 25.0 Å².